The number of nitrogens with zero attached hydrogens (tertiary/aromatic N) is 2. The fourth-order valence-corrected chi connectivity index (χ4v) is 2.69. The van der Waals surface area contributed by atoms with Gasteiger partial charge in [-0.3, -0.25) is 0 Å². The molecule has 0 unspecified atom stereocenters. The van der Waals surface area contributed by atoms with Gasteiger partial charge in [-0.1, -0.05) is 15.9 Å². The highest BCUT2D eigenvalue weighted by Crippen LogP contribution is 2.17. The lowest BCUT2D eigenvalue weighted by Crippen LogP contribution is -2.53. The molecule has 0 radical (unpaired) electrons. The average molecular weight is 291 g/mol. The van der Waals surface area contributed by atoms with Crippen LogP contribution in [0.5, 0.6) is 0 Å². The van der Waals surface area contributed by atoms with E-state index < -0.39 is 0 Å². The summed E-state index contributed by atoms with van der Waals surface area (Å²) in [6, 6.07) is 8.90. The molecular formula is C14H15BrN2+2. The van der Waals surface area contributed by atoms with E-state index in [2.05, 4.69) is 68.6 Å². The van der Waals surface area contributed by atoms with Gasteiger partial charge >= 0.3 is 0 Å². The van der Waals surface area contributed by atoms with Crippen LogP contribution in [0.3, 0.4) is 0 Å². The van der Waals surface area contributed by atoms with Crippen molar-refractivity contribution in [2.24, 2.45) is 0 Å². The summed E-state index contributed by atoms with van der Waals surface area (Å²) in [7, 11) is 0. The summed E-state index contributed by atoms with van der Waals surface area (Å²) in [5, 5.41) is 0.909. The first-order chi connectivity index (χ1) is 8.28. The van der Waals surface area contributed by atoms with Crippen LogP contribution in [-0.4, -0.2) is 0 Å². The molecule has 0 atom stereocenters. The minimum atomic E-state index is 0.909. The molecule has 1 aliphatic heterocycles. The van der Waals surface area contributed by atoms with Gasteiger partial charge in [-0.25, -0.2) is 0 Å². The Morgan fingerprint density at radius 1 is 1.06 bits per heavy atom. The number of pyridine rings is 2. The van der Waals surface area contributed by atoms with Crippen LogP contribution in [-0.2, 0) is 18.4 Å². The van der Waals surface area contributed by atoms with Crippen LogP contribution in [0, 0.1) is 6.92 Å². The van der Waals surface area contributed by atoms with Crippen molar-refractivity contribution in [1.29, 1.82) is 0 Å². The van der Waals surface area contributed by atoms with Crippen LogP contribution in [0.1, 0.15) is 11.1 Å². The first-order valence-electron chi connectivity index (χ1n) is 5.87. The minimum absolute atomic E-state index is 0.909. The van der Waals surface area contributed by atoms with E-state index in [1.54, 1.807) is 0 Å². The molecule has 0 bridgehead atoms. The van der Waals surface area contributed by atoms with Crippen molar-refractivity contribution in [3.63, 3.8) is 0 Å². The predicted molar refractivity (Wildman–Crippen MR) is 69.6 cm³/mol. The van der Waals surface area contributed by atoms with Gasteiger partial charge in [0.1, 0.15) is 0 Å². The van der Waals surface area contributed by atoms with E-state index in [9.17, 15) is 0 Å². The lowest BCUT2D eigenvalue weighted by atomic mass is 10.1. The number of aryl methyl sites for hydroxylation is 3. The van der Waals surface area contributed by atoms with Gasteiger partial charge in [-0.05, 0) is 18.1 Å². The van der Waals surface area contributed by atoms with Crippen molar-refractivity contribution in [3.05, 3.63) is 47.8 Å². The predicted octanol–water partition coefficient (Wildman–Crippen LogP) is 2.15. The van der Waals surface area contributed by atoms with Crippen molar-refractivity contribution >= 4 is 15.9 Å². The summed E-state index contributed by atoms with van der Waals surface area (Å²) < 4.78 is 4.67. The molecule has 17 heavy (non-hydrogen) atoms. The molecular weight excluding hydrogens is 276 g/mol. The molecule has 3 heterocycles. The number of aromatic nitrogens is 2. The zero-order valence-corrected chi connectivity index (χ0v) is 11.4. The third-order valence-electron chi connectivity index (χ3n) is 3.29. The zero-order valence-electron chi connectivity index (χ0n) is 9.86. The van der Waals surface area contributed by atoms with E-state index in [-0.39, 0.29) is 0 Å². The molecule has 2 nitrogen and oxygen atoms in total. The largest absolute Gasteiger partial charge is 0.277 e. The molecule has 0 spiro atoms. The van der Waals surface area contributed by atoms with Crippen molar-refractivity contribution < 1.29 is 9.13 Å². The Balaban J connectivity index is 2.22. The molecule has 2 aromatic rings. The molecule has 2 aromatic heterocycles. The zero-order chi connectivity index (χ0) is 11.8. The Morgan fingerprint density at radius 2 is 1.71 bits per heavy atom. The van der Waals surface area contributed by atoms with Gasteiger partial charge in [0.15, 0.2) is 12.4 Å². The summed E-state index contributed by atoms with van der Waals surface area (Å²) in [4.78, 5) is 0. The molecule has 0 aromatic carbocycles. The number of hydrogen-bond acceptors (Lipinski definition) is 0. The maximum Gasteiger partial charge on any atom is 0.277 e. The summed E-state index contributed by atoms with van der Waals surface area (Å²) in [6.45, 7) is 4.26. The molecule has 1 aliphatic rings. The molecule has 0 saturated heterocycles. The van der Waals surface area contributed by atoms with Crippen LogP contribution < -0.4 is 9.13 Å². The van der Waals surface area contributed by atoms with Crippen LogP contribution in [0.25, 0.3) is 11.4 Å². The Kier molecular flexibility index (Phi) is 2.71. The summed E-state index contributed by atoms with van der Waals surface area (Å²) in [6.07, 6.45) is 4.38. The molecule has 0 aliphatic carbocycles. The molecule has 3 rings (SSSR count). The standard InChI is InChI=1S/C14H15BrN2/c1-11-2-4-16-6-7-17-5-3-12(10-15)9-14(17)13(16)8-11/h2-5,8-9H,6-7,10H2,1H3/q+2. The van der Waals surface area contributed by atoms with E-state index in [0.29, 0.717) is 0 Å². The van der Waals surface area contributed by atoms with Gasteiger partial charge in [0.25, 0.3) is 11.4 Å². The van der Waals surface area contributed by atoms with Crippen LogP contribution >= 0.6 is 15.9 Å². The van der Waals surface area contributed by atoms with E-state index in [1.165, 1.54) is 22.5 Å². The smallest absolute Gasteiger partial charge is 0.186 e. The number of fused-ring (bicyclic) bond motifs is 3. The third-order valence-corrected chi connectivity index (χ3v) is 3.94. The Labute approximate surface area is 110 Å². The monoisotopic (exact) mass is 290 g/mol. The van der Waals surface area contributed by atoms with Crippen LogP contribution in [0.15, 0.2) is 36.7 Å². The van der Waals surface area contributed by atoms with Gasteiger partial charge in [0.2, 0.25) is 13.1 Å². The fourth-order valence-electron chi connectivity index (χ4n) is 2.34. The second kappa shape index (κ2) is 4.22. The highest BCUT2D eigenvalue weighted by atomic mass is 79.9. The lowest BCUT2D eigenvalue weighted by molar-refractivity contribution is -0.795. The van der Waals surface area contributed by atoms with Crippen molar-refractivity contribution in [2.45, 2.75) is 25.3 Å². The molecule has 3 heteroatoms. The molecule has 0 fully saturated rings. The summed E-state index contributed by atoms with van der Waals surface area (Å²) >= 11 is 3.52. The van der Waals surface area contributed by atoms with Gasteiger partial charge in [0.05, 0.1) is 0 Å². The number of halogens is 1. The van der Waals surface area contributed by atoms with E-state index in [1.807, 2.05) is 0 Å². The number of hydrogen-bond donors (Lipinski definition) is 0. The van der Waals surface area contributed by atoms with Crippen LogP contribution in [0.2, 0.25) is 0 Å². The fraction of sp³-hybridized carbons (Fsp3) is 0.286. The summed E-state index contributed by atoms with van der Waals surface area (Å²) in [5.41, 5.74) is 5.27. The maximum absolute atomic E-state index is 3.52. The first kappa shape index (κ1) is 10.9. The minimum Gasteiger partial charge on any atom is -0.186 e. The second-order valence-electron chi connectivity index (χ2n) is 4.53. The number of alkyl halides is 1. The molecule has 0 saturated carbocycles. The van der Waals surface area contributed by atoms with Crippen molar-refractivity contribution in [1.82, 2.24) is 0 Å². The number of rotatable bonds is 1. The molecule has 0 amide bonds. The maximum atomic E-state index is 3.52. The quantitative estimate of drug-likeness (QED) is 0.562. The highest BCUT2D eigenvalue weighted by molar-refractivity contribution is 9.08. The van der Waals surface area contributed by atoms with Crippen molar-refractivity contribution in [2.75, 3.05) is 0 Å². The third kappa shape index (κ3) is 1.89. The average Bonchev–Trinajstić information content (AvgIpc) is 2.38. The van der Waals surface area contributed by atoms with Gasteiger partial charge in [-0.2, -0.15) is 9.13 Å². The molecule has 86 valence electrons. The Bertz CT molecular complexity index is 578. The normalized spacial score (nSPS) is 13.1. The van der Waals surface area contributed by atoms with Gasteiger partial charge in [-0.15, -0.1) is 0 Å². The SMILES string of the molecule is Cc1cc[n+]2c(c1)-c1cc(CBr)cc[n+]1CC2. The Hall–Kier alpha value is -1.22. The second-order valence-corrected chi connectivity index (χ2v) is 5.09. The highest BCUT2D eigenvalue weighted by Gasteiger charge is 2.29. The molecule has 0 N–H and O–H groups in total. The van der Waals surface area contributed by atoms with Crippen LogP contribution in [0.4, 0.5) is 0 Å². The Morgan fingerprint density at radius 3 is 2.41 bits per heavy atom. The first-order valence-corrected chi connectivity index (χ1v) is 6.99. The summed E-state index contributed by atoms with van der Waals surface area (Å²) in [5.74, 6) is 0. The lowest BCUT2D eigenvalue weighted by Gasteiger charge is -2.10. The van der Waals surface area contributed by atoms with E-state index >= 15 is 0 Å². The van der Waals surface area contributed by atoms with E-state index in [0.717, 1.165) is 18.4 Å². The van der Waals surface area contributed by atoms with E-state index in [4.69, 9.17) is 0 Å². The van der Waals surface area contributed by atoms with Crippen molar-refractivity contribution in [3.8, 4) is 11.4 Å². The van der Waals surface area contributed by atoms with Gasteiger partial charge in [0, 0.05) is 29.6 Å². The topological polar surface area (TPSA) is 7.76 Å². The van der Waals surface area contributed by atoms with Gasteiger partial charge < -0.3 is 0 Å².